The summed E-state index contributed by atoms with van der Waals surface area (Å²) in [4.78, 5) is 25.0. The second-order valence-electron chi connectivity index (χ2n) is 7.19. The number of rotatable bonds is 8. The maximum atomic E-state index is 12.6. The normalized spacial score (nSPS) is 10.7. The first kappa shape index (κ1) is 20.5. The van der Waals surface area contributed by atoms with Gasteiger partial charge in [-0.15, -0.1) is 0 Å². The summed E-state index contributed by atoms with van der Waals surface area (Å²) in [7, 11) is 0. The summed E-state index contributed by atoms with van der Waals surface area (Å²) in [6.45, 7) is 8.68. The van der Waals surface area contributed by atoms with Gasteiger partial charge in [-0.2, -0.15) is 0 Å². The zero-order valence-electron chi connectivity index (χ0n) is 16.4. The van der Waals surface area contributed by atoms with Gasteiger partial charge in [0.25, 0.3) is 11.8 Å². The summed E-state index contributed by atoms with van der Waals surface area (Å²) in [6.07, 6.45) is 0.953. The minimum absolute atomic E-state index is 0.0147. The zero-order chi connectivity index (χ0) is 19.8. The molecule has 0 bridgehead atoms. The molecule has 0 spiro atoms. The average Bonchev–Trinajstić information content (AvgIpc) is 2.61. The fourth-order valence-electron chi connectivity index (χ4n) is 2.46. The van der Waals surface area contributed by atoms with Crippen molar-refractivity contribution in [3.63, 3.8) is 0 Å². The second kappa shape index (κ2) is 9.76. The molecule has 0 heterocycles. The fraction of sp³-hybridized carbons (Fsp3) is 0.364. The molecule has 2 amide bonds. The number of hydrogen-bond donors (Lipinski definition) is 2. The van der Waals surface area contributed by atoms with Crippen LogP contribution in [0.15, 0.2) is 48.5 Å². The maximum absolute atomic E-state index is 12.6. The highest BCUT2D eigenvalue weighted by molar-refractivity contribution is 6.09. The minimum Gasteiger partial charge on any atom is -0.494 e. The van der Waals surface area contributed by atoms with Crippen molar-refractivity contribution in [3.8, 4) is 5.75 Å². The molecule has 0 saturated carbocycles. The lowest BCUT2D eigenvalue weighted by Gasteiger charge is -2.13. The molecule has 5 heteroatoms. The molecule has 5 nitrogen and oxygen atoms in total. The van der Waals surface area contributed by atoms with Crippen LogP contribution in [-0.4, -0.2) is 24.5 Å². The molecule has 0 aliphatic heterocycles. The summed E-state index contributed by atoms with van der Waals surface area (Å²) in [6, 6.07) is 14.0. The number of benzene rings is 2. The predicted octanol–water partition coefficient (Wildman–Crippen LogP) is 4.50. The Balaban J connectivity index is 2.10. The van der Waals surface area contributed by atoms with Crippen LogP contribution in [0, 0.1) is 5.92 Å². The molecule has 0 saturated heterocycles. The minimum atomic E-state index is -0.283. The first-order valence-electron chi connectivity index (χ1n) is 9.31. The molecule has 0 aromatic heterocycles. The number of nitrogens with one attached hydrogen (secondary N) is 2. The van der Waals surface area contributed by atoms with Crippen molar-refractivity contribution in [1.29, 1.82) is 0 Å². The van der Waals surface area contributed by atoms with Gasteiger partial charge in [0, 0.05) is 11.6 Å². The third kappa shape index (κ3) is 6.44. The topological polar surface area (TPSA) is 67.4 Å². The van der Waals surface area contributed by atoms with Gasteiger partial charge in [0.2, 0.25) is 0 Å². The Hall–Kier alpha value is -2.82. The van der Waals surface area contributed by atoms with Crippen LogP contribution >= 0.6 is 0 Å². The van der Waals surface area contributed by atoms with Gasteiger partial charge in [0.05, 0.1) is 17.9 Å². The summed E-state index contributed by atoms with van der Waals surface area (Å²) >= 11 is 0. The van der Waals surface area contributed by atoms with E-state index in [-0.39, 0.29) is 17.9 Å². The Labute approximate surface area is 161 Å². The van der Waals surface area contributed by atoms with Crippen LogP contribution in [0.1, 0.15) is 54.8 Å². The van der Waals surface area contributed by atoms with Crippen LogP contribution in [0.25, 0.3) is 0 Å². The molecule has 0 fully saturated rings. The smallest absolute Gasteiger partial charge is 0.255 e. The van der Waals surface area contributed by atoms with Crippen molar-refractivity contribution in [2.75, 3.05) is 11.9 Å². The zero-order valence-corrected chi connectivity index (χ0v) is 16.4. The highest BCUT2D eigenvalue weighted by Gasteiger charge is 2.15. The SMILES string of the molecule is CC(C)CCOc1cccc(C(=O)Nc2ccccc2C(=O)NC(C)C)c1. The lowest BCUT2D eigenvalue weighted by atomic mass is 10.1. The largest absolute Gasteiger partial charge is 0.494 e. The Morgan fingerprint density at radius 3 is 2.41 bits per heavy atom. The highest BCUT2D eigenvalue weighted by atomic mass is 16.5. The lowest BCUT2D eigenvalue weighted by molar-refractivity contribution is 0.0944. The molecule has 0 atom stereocenters. The van der Waals surface area contributed by atoms with Crippen LogP contribution in [0.5, 0.6) is 5.75 Å². The summed E-state index contributed by atoms with van der Waals surface area (Å²) < 4.78 is 5.72. The van der Waals surface area contributed by atoms with Gasteiger partial charge in [-0.05, 0) is 56.5 Å². The third-order valence-electron chi connectivity index (χ3n) is 3.90. The number of carbonyl (C=O) groups excluding carboxylic acids is 2. The molecule has 144 valence electrons. The van der Waals surface area contributed by atoms with Gasteiger partial charge < -0.3 is 15.4 Å². The monoisotopic (exact) mass is 368 g/mol. The molecule has 0 aliphatic carbocycles. The number of para-hydroxylation sites is 1. The summed E-state index contributed by atoms with van der Waals surface area (Å²) in [5, 5.41) is 5.67. The predicted molar refractivity (Wildman–Crippen MR) is 108 cm³/mol. The van der Waals surface area contributed by atoms with Gasteiger partial charge in [0.1, 0.15) is 5.75 Å². The fourth-order valence-corrected chi connectivity index (χ4v) is 2.46. The maximum Gasteiger partial charge on any atom is 0.255 e. The molecule has 2 N–H and O–H groups in total. The van der Waals surface area contributed by atoms with Crippen LogP contribution in [0.2, 0.25) is 0 Å². The van der Waals surface area contributed by atoms with Crippen molar-refractivity contribution in [1.82, 2.24) is 5.32 Å². The Morgan fingerprint density at radius 1 is 0.963 bits per heavy atom. The molecular weight excluding hydrogens is 340 g/mol. The Morgan fingerprint density at radius 2 is 1.70 bits per heavy atom. The highest BCUT2D eigenvalue weighted by Crippen LogP contribution is 2.19. The molecule has 0 unspecified atom stereocenters. The summed E-state index contributed by atoms with van der Waals surface area (Å²) in [5.41, 5.74) is 1.40. The number of carbonyl (C=O) groups is 2. The van der Waals surface area contributed by atoms with Crippen LogP contribution in [-0.2, 0) is 0 Å². The van der Waals surface area contributed by atoms with Crippen LogP contribution in [0.4, 0.5) is 5.69 Å². The number of ether oxygens (including phenoxy) is 1. The van der Waals surface area contributed by atoms with E-state index in [1.165, 1.54) is 0 Å². The molecule has 27 heavy (non-hydrogen) atoms. The van der Waals surface area contributed by atoms with E-state index >= 15 is 0 Å². The molecule has 0 aliphatic rings. The number of amides is 2. The van der Waals surface area contributed by atoms with E-state index < -0.39 is 0 Å². The summed E-state index contributed by atoms with van der Waals surface area (Å²) in [5.74, 6) is 0.722. The van der Waals surface area contributed by atoms with E-state index in [0.29, 0.717) is 35.1 Å². The third-order valence-corrected chi connectivity index (χ3v) is 3.90. The van der Waals surface area contributed by atoms with Gasteiger partial charge in [-0.25, -0.2) is 0 Å². The van der Waals surface area contributed by atoms with Gasteiger partial charge >= 0.3 is 0 Å². The number of anilines is 1. The second-order valence-corrected chi connectivity index (χ2v) is 7.19. The molecule has 2 rings (SSSR count). The first-order chi connectivity index (χ1) is 12.9. The van der Waals surface area contributed by atoms with Crippen LogP contribution < -0.4 is 15.4 Å². The van der Waals surface area contributed by atoms with Crippen molar-refractivity contribution >= 4 is 17.5 Å². The Kier molecular flexibility index (Phi) is 7.41. The van der Waals surface area contributed by atoms with E-state index in [1.807, 2.05) is 19.9 Å². The first-order valence-corrected chi connectivity index (χ1v) is 9.31. The molecule has 0 radical (unpaired) electrons. The van der Waals surface area contributed by atoms with Crippen LogP contribution in [0.3, 0.4) is 0 Å². The van der Waals surface area contributed by atoms with Gasteiger partial charge in [-0.3, -0.25) is 9.59 Å². The van der Waals surface area contributed by atoms with Crippen molar-refractivity contribution in [2.24, 2.45) is 5.92 Å². The van der Waals surface area contributed by atoms with E-state index in [0.717, 1.165) is 6.42 Å². The van der Waals surface area contributed by atoms with Crippen molar-refractivity contribution in [2.45, 2.75) is 40.2 Å². The van der Waals surface area contributed by atoms with Crippen molar-refractivity contribution in [3.05, 3.63) is 59.7 Å². The average molecular weight is 368 g/mol. The molecular formula is C22H28N2O3. The van der Waals surface area contributed by atoms with Gasteiger partial charge in [0.15, 0.2) is 0 Å². The van der Waals surface area contributed by atoms with Gasteiger partial charge in [-0.1, -0.05) is 32.0 Å². The van der Waals surface area contributed by atoms with E-state index in [2.05, 4.69) is 24.5 Å². The molecule has 2 aromatic rings. The quantitative estimate of drug-likeness (QED) is 0.721. The molecule has 2 aromatic carbocycles. The van der Waals surface area contributed by atoms with Crippen molar-refractivity contribution < 1.29 is 14.3 Å². The van der Waals surface area contributed by atoms with E-state index in [1.54, 1.807) is 42.5 Å². The lowest BCUT2D eigenvalue weighted by Crippen LogP contribution is -2.31. The van der Waals surface area contributed by atoms with E-state index in [9.17, 15) is 9.59 Å². The standard InChI is InChI=1S/C22H28N2O3/c1-15(2)12-13-27-18-9-7-8-17(14-18)21(25)24-20-11-6-5-10-19(20)22(26)23-16(3)4/h5-11,14-16H,12-13H2,1-4H3,(H,23,26)(H,24,25). The van der Waals surface area contributed by atoms with E-state index in [4.69, 9.17) is 4.74 Å². The Bertz CT molecular complexity index is 785. The number of hydrogen-bond acceptors (Lipinski definition) is 3.